The molecule has 8 heteroatoms. The van der Waals surface area contributed by atoms with Crippen LogP contribution in [0.1, 0.15) is 26.5 Å². The van der Waals surface area contributed by atoms with E-state index in [2.05, 4.69) is 30.9 Å². The number of aromatic nitrogens is 4. The van der Waals surface area contributed by atoms with E-state index in [1.807, 2.05) is 25.2 Å². The molecule has 0 saturated carbocycles. The molecule has 24 heavy (non-hydrogen) atoms. The number of H-pyrrole nitrogens is 1. The summed E-state index contributed by atoms with van der Waals surface area (Å²) in [5, 5.41) is 0. The second-order valence-corrected chi connectivity index (χ2v) is 8.21. The van der Waals surface area contributed by atoms with E-state index in [0.717, 1.165) is 5.69 Å². The number of ketones is 1. The molecule has 0 aliphatic rings. The lowest BCUT2D eigenvalue weighted by Gasteiger charge is -2.12. The summed E-state index contributed by atoms with van der Waals surface area (Å²) in [5.74, 6) is -0.0312. The van der Waals surface area contributed by atoms with E-state index in [-0.39, 0.29) is 11.3 Å². The number of thiazole rings is 1. The molecule has 0 amide bonds. The predicted octanol–water partition coefficient (Wildman–Crippen LogP) is 1.47. The SMILES string of the molecule is CC(C)(C)C(=O)/C=c1\[nH]c(=O)/c(=C\c2cnc3cnc(Br)cn23)s1. The molecule has 3 aromatic heterocycles. The van der Waals surface area contributed by atoms with E-state index in [1.165, 1.54) is 17.4 Å². The van der Waals surface area contributed by atoms with Crippen LogP contribution in [0.25, 0.3) is 17.8 Å². The zero-order valence-corrected chi connectivity index (χ0v) is 15.7. The number of carbonyl (C=O) groups is 1. The Bertz CT molecular complexity index is 1100. The van der Waals surface area contributed by atoms with Crippen molar-refractivity contribution in [2.24, 2.45) is 5.41 Å². The highest BCUT2D eigenvalue weighted by Crippen LogP contribution is 2.14. The third kappa shape index (κ3) is 3.39. The molecule has 0 unspecified atom stereocenters. The van der Waals surface area contributed by atoms with Crippen molar-refractivity contribution in [1.29, 1.82) is 0 Å². The van der Waals surface area contributed by atoms with Crippen LogP contribution in [0.5, 0.6) is 0 Å². The average Bonchev–Trinajstić information content (AvgIpc) is 3.03. The number of imidazole rings is 1. The fourth-order valence-electron chi connectivity index (χ4n) is 1.99. The van der Waals surface area contributed by atoms with Gasteiger partial charge in [0, 0.05) is 17.7 Å². The number of nitrogens with one attached hydrogen (secondary N) is 1. The number of aromatic amines is 1. The lowest BCUT2D eigenvalue weighted by molar-refractivity contribution is -0.119. The Morgan fingerprint density at radius 1 is 1.33 bits per heavy atom. The number of nitrogens with zero attached hydrogens (tertiary/aromatic N) is 3. The topological polar surface area (TPSA) is 80.1 Å². The van der Waals surface area contributed by atoms with E-state index in [4.69, 9.17) is 0 Å². The van der Waals surface area contributed by atoms with E-state index in [9.17, 15) is 9.59 Å². The van der Waals surface area contributed by atoms with Gasteiger partial charge in [-0.15, -0.1) is 11.3 Å². The second-order valence-electron chi connectivity index (χ2n) is 6.31. The van der Waals surface area contributed by atoms with Gasteiger partial charge in [-0.3, -0.25) is 14.0 Å². The molecule has 0 aliphatic heterocycles. The summed E-state index contributed by atoms with van der Waals surface area (Å²) < 4.78 is 3.56. The van der Waals surface area contributed by atoms with Crippen LogP contribution in [0.2, 0.25) is 0 Å². The van der Waals surface area contributed by atoms with Crippen molar-refractivity contribution < 1.29 is 4.79 Å². The quantitative estimate of drug-likeness (QED) is 0.698. The zero-order valence-electron chi connectivity index (χ0n) is 13.3. The number of fused-ring (bicyclic) bond motifs is 1. The first-order valence-electron chi connectivity index (χ1n) is 7.20. The number of carbonyl (C=O) groups excluding carboxylic acids is 1. The van der Waals surface area contributed by atoms with Crippen molar-refractivity contribution in [3.8, 4) is 0 Å². The highest BCUT2D eigenvalue weighted by atomic mass is 79.9. The fraction of sp³-hybridized carbons (Fsp3) is 0.250. The first-order chi connectivity index (χ1) is 11.2. The van der Waals surface area contributed by atoms with Crippen molar-refractivity contribution in [3.05, 3.63) is 48.4 Å². The van der Waals surface area contributed by atoms with Crippen LogP contribution in [0.15, 0.2) is 28.0 Å². The largest absolute Gasteiger partial charge is 0.313 e. The summed E-state index contributed by atoms with van der Waals surface area (Å²) in [6.45, 7) is 5.53. The van der Waals surface area contributed by atoms with Crippen molar-refractivity contribution in [2.75, 3.05) is 0 Å². The first kappa shape index (κ1) is 16.8. The summed E-state index contributed by atoms with van der Waals surface area (Å²) in [4.78, 5) is 35.3. The lowest BCUT2D eigenvalue weighted by atomic mass is 9.91. The molecule has 0 radical (unpaired) electrons. The summed E-state index contributed by atoms with van der Waals surface area (Å²) in [7, 11) is 0. The van der Waals surface area contributed by atoms with Crippen LogP contribution in [0, 0.1) is 5.41 Å². The Labute approximate surface area is 149 Å². The summed E-state index contributed by atoms with van der Waals surface area (Å²) in [6.07, 6.45) is 8.33. The summed E-state index contributed by atoms with van der Waals surface area (Å²) in [6, 6.07) is 0. The molecule has 0 aromatic carbocycles. The van der Waals surface area contributed by atoms with Gasteiger partial charge in [-0.1, -0.05) is 20.8 Å². The van der Waals surface area contributed by atoms with Crippen LogP contribution in [0.4, 0.5) is 0 Å². The Balaban J connectivity index is 2.11. The minimum atomic E-state index is -0.480. The number of rotatable bonds is 2. The van der Waals surface area contributed by atoms with E-state index < -0.39 is 5.41 Å². The summed E-state index contributed by atoms with van der Waals surface area (Å²) >= 11 is 4.57. The Hall–Kier alpha value is -2.06. The van der Waals surface area contributed by atoms with Crippen LogP contribution in [0.3, 0.4) is 0 Å². The maximum atomic E-state index is 12.1. The van der Waals surface area contributed by atoms with Gasteiger partial charge in [-0.25, -0.2) is 9.97 Å². The molecular formula is C16H15BrN4O2S. The van der Waals surface area contributed by atoms with Crippen molar-refractivity contribution >= 4 is 50.8 Å². The van der Waals surface area contributed by atoms with Gasteiger partial charge in [0.15, 0.2) is 11.4 Å². The van der Waals surface area contributed by atoms with Crippen LogP contribution in [-0.2, 0) is 4.79 Å². The molecule has 124 valence electrons. The van der Waals surface area contributed by atoms with Crippen LogP contribution < -0.4 is 14.8 Å². The minimum Gasteiger partial charge on any atom is -0.313 e. The molecule has 0 aliphatic carbocycles. The van der Waals surface area contributed by atoms with Crippen molar-refractivity contribution in [1.82, 2.24) is 19.4 Å². The second kappa shape index (κ2) is 6.10. The molecule has 1 N–H and O–H groups in total. The van der Waals surface area contributed by atoms with E-state index in [1.54, 1.807) is 24.7 Å². The third-order valence-corrected chi connectivity index (χ3v) is 4.73. The standard InChI is InChI=1S/C16H15BrN4O2S/c1-16(2,3)11(22)5-14-20-15(23)10(24-14)4-9-6-19-13-7-18-12(17)8-21(9)13/h4-8H,1-3H3,(H,20,23)/b10-4+,14-5+. The van der Waals surface area contributed by atoms with Gasteiger partial charge in [0.05, 0.1) is 27.3 Å². The maximum absolute atomic E-state index is 12.1. The van der Waals surface area contributed by atoms with Gasteiger partial charge in [0.2, 0.25) is 0 Å². The number of hydrogen-bond acceptors (Lipinski definition) is 5. The Morgan fingerprint density at radius 3 is 2.79 bits per heavy atom. The van der Waals surface area contributed by atoms with Gasteiger partial charge in [0.1, 0.15) is 4.60 Å². The van der Waals surface area contributed by atoms with Crippen molar-refractivity contribution in [2.45, 2.75) is 20.8 Å². The molecule has 0 bridgehead atoms. The van der Waals surface area contributed by atoms with E-state index >= 15 is 0 Å². The highest BCUT2D eigenvalue weighted by molar-refractivity contribution is 9.10. The molecule has 3 heterocycles. The molecule has 0 fully saturated rings. The predicted molar refractivity (Wildman–Crippen MR) is 97.4 cm³/mol. The minimum absolute atomic E-state index is 0.0312. The number of halogens is 1. The maximum Gasteiger partial charge on any atom is 0.266 e. The molecule has 0 spiro atoms. The smallest absolute Gasteiger partial charge is 0.266 e. The molecule has 3 rings (SSSR count). The third-order valence-electron chi connectivity index (χ3n) is 3.35. The number of hydrogen-bond donors (Lipinski definition) is 1. The van der Waals surface area contributed by atoms with Gasteiger partial charge in [-0.05, 0) is 22.0 Å². The highest BCUT2D eigenvalue weighted by Gasteiger charge is 2.18. The first-order valence-corrected chi connectivity index (χ1v) is 8.80. The molecule has 6 nitrogen and oxygen atoms in total. The monoisotopic (exact) mass is 406 g/mol. The molecule has 0 atom stereocenters. The Morgan fingerprint density at radius 2 is 2.08 bits per heavy atom. The van der Waals surface area contributed by atoms with Crippen LogP contribution >= 0.6 is 27.3 Å². The van der Waals surface area contributed by atoms with Gasteiger partial charge in [-0.2, -0.15) is 0 Å². The normalized spacial score (nSPS) is 13.8. The van der Waals surface area contributed by atoms with E-state index in [0.29, 0.717) is 19.4 Å². The lowest BCUT2D eigenvalue weighted by Crippen LogP contribution is -2.22. The molecule has 0 saturated heterocycles. The zero-order chi connectivity index (χ0) is 17.5. The summed E-state index contributed by atoms with van der Waals surface area (Å²) in [5.41, 5.74) is 0.739. The fourth-order valence-corrected chi connectivity index (χ4v) is 3.16. The van der Waals surface area contributed by atoms with Crippen molar-refractivity contribution in [3.63, 3.8) is 0 Å². The average molecular weight is 407 g/mol. The van der Waals surface area contributed by atoms with Crippen LogP contribution in [-0.4, -0.2) is 25.1 Å². The molecule has 3 aromatic rings. The number of Topliss-reactive ketones (excluding diaryl/α,β-unsaturated/α-hetero) is 1. The van der Waals surface area contributed by atoms with Gasteiger partial charge >= 0.3 is 0 Å². The van der Waals surface area contributed by atoms with Gasteiger partial charge < -0.3 is 4.98 Å². The molecular weight excluding hydrogens is 392 g/mol. The Kier molecular flexibility index (Phi) is 4.27. The van der Waals surface area contributed by atoms with Gasteiger partial charge in [0.25, 0.3) is 5.56 Å².